The zero-order valence-electron chi connectivity index (χ0n) is 9.61. The number of pyridine rings is 1. The molecule has 0 saturated carbocycles. The molecule has 0 aliphatic carbocycles. The highest BCUT2D eigenvalue weighted by atomic mass is 16.6. The van der Waals surface area contributed by atoms with E-state index in [2.05, 4.69) is 4.98 Å². The average Bonchev–Trinajstić information content (AvgIpc) is 2.38. The predicted octanol–water partition coefficient (Wildman–Crippen LogP) is 2.24. The third-order valence-electron chi connectivity index (χ3n) is 2.26. The minimum Gasteiger partial charge on any atom is -0.439 e. The summed E-state index contributed by atoms with van der Waals surface area (Å²) in [6.07, 6.45) is 0. The van der Waals surface area contributed by atoms with E-state index < -0.39 is 4.92 Å². The minimum absolute atomic E-state index is 0.123. The van der Waals surface area contributed by atoms with Crippen LogP contribution in [0.1, 0.15) is 5.56 Å². The van der Waals surface area contributed by atoms with E-state index >= 15 is 0 Å². The largest absolute Gasteiger partial charge is 0.439 e. The van der Waals surface area contributed by atoms with Crippen molar-refractivity contribution in [3.8, 4) is 17.7 Å². The number of benzene rings is 1. The maximum atomic E-state index is 10.6. The maximum absolute atomic E-state index is 10.6. The zero-order chi connectivity index (χ0) is 13.8. The Kier molecular flexibility index (Phi) is 3.25. The zero-order valence-corrected chi connectivity index (χ0v) is 9.61. The number of ether oxygens (including phenoxy) is 1. The average molecular weight is 256 g/mol. The highest BCUT2D eigenvalue weighted by molar-refractivity contribution is 5.53. The molecule has 0 spiro atoms. The van der Waals surface area contributed by atoms with Crippen LogP contribution in [-0.2, 0) is 0 Å². The van der Waals surface area contributed by atoms with Crippen molar-refractivity contribution < 1.29 is 9.66 Å². The molecule has 1 aromatic carbocycles. The molecule has 0 unspecified atom stereocenters. The topological polar surface area (TPSA) is 115 Å². The molecule has 1 heterocycles. The Balaban J connectivity index is 2.26. The van der Waals surface area contributed by atoms with Crippen molar-refractivity contribution >= 4 is 11.5 Å². The monoisotopic (exact) mass is 256 g/mol. The first-order valence-corrected chi connectivity index (χ1v) is 5.19. The fraction of sp³-hybridized carbons (Fsp3) is 0. The first-order chi connectivity index (χ1) is 9.10. The number of hydrogen-bond donors (Lipinski definition) is 1. The van der Waals surface area contributed by atoms with E-state index in [1.165, 1.54) is 18.2 Å². The van der Waals surface area contributed by atoms with Crippen LogP contribution >= 0.6 is 0 Å². The molecule has 0 aliphatic rings. The summed E-state index contributed by atoms with van der Waals surface area (Å²) in [6.45, 7) is 0. The summed E-state index contributed by atoms with van der Waals surface area (Å²) in [5.41, 5.74) is 5.60. The lowest BCUT2D eigenvalue weighted by molar-refractivity contribution is -0.384. The van der Waals surface area contributed by atoms with Gasteiger partial charge >= 0.3 is 5.69 Å². The lowest BCUT2D eigenvalue weighted by Gasteiger charge is -2.05. The number of nitriles is 1. The van der Waals surface area contributed by atoms with Crippen LogP contribution in [0.3, 0.4) is 0 Å². The van der Waals surface area contributed by atoms with Crippen molar-refractivity contribution in [3.63, 3.8) is 0 Å². The van der Waals surface area contributed by atoms with Crippen molar-refractivity contribution in [1.29, 1.82) is 5.26 Å². The molecule has 2 aromatic rings. The van der Waals surface area contributed by atoms with Crippen molar-refractivity contribution in [3.05, 3.63) is 52.1 Å². The molecular weight excluding hydrogens is 248 g/mol. The number of nitrogen functional groups attached to an aromatic ring is 1. The van der Waals surface area contributed by atoms with E-state index in [4.69, 9.17) is 15.7 Å². The second-order valence-electron chi connectivity index (χ2n) is 3.55. The van der Waals surface area contributed by atoms with Crippen LogP contribution in [0.15, 0.2) is 36.4 Å². The smallest absolute Gasteiger partial charge is 0.311 e. The van der Waals surface area contributed by atoms with E-state index in [1.807, 2.05) is 6.07 Å². The molecule has 0 radical (unpaired) electrons. The number of nitrogens with two attached hydrogens (primary N) is 1. The number of aromatic nitrogens is 1. The number of rotatable bonds is 3. The summed E-state index contributed by atoms with van der Waals surface area (Å²) in [5.74, 6) is 0.303. The second kappa shape index (κ2) is 5.01. The number of hydrogen-bond acceptors (Lipinski definition) is 6. The van der Waals surface area contributed by atoms with Gasteiger partial charge in [-0.2, -0.15) is 10.2 Å². The Morgan fingerprint density at radius 1 is 1.37 bits per heavy atom. The number of nitro groups is 1. The van der Waals surface area contributed by atoms with E-state index in [9.17, 15) is 10.1 Å². The summed E-state index contributed by atoms with van der Waals surface area (Å²) in [7, 11) is 0. The molecule has 2 rings (SSSR count). The van der Waals surface area contributed by atoms with Crippen molar-refractivity contribution in [1.82, 2.24) is 4.98 Å². The van der Waals surface area contributed by atoms with E-state index in [1.54, 1.807) is 18.2 Å². The number of nitrogens with zero attached hydrogens (tertiary/aromatic N) is 3. The molecular formula is C12H8N4O3. The molecule has 7 nitrogen and oxygen atoms in total. The molecule has 0 fully saturated rings. The van der Waals surface area contributed by atoms with Gasteiger partial charge in [-0.15, -0.1) is 0 Å². The Bertz CT molecular complexity index is 679. The summed E-state index contributed by atoms with van der Waals surface area (Å²) < 4.78 is 5.37. The molecule has 7 heteroatoms. The van der Waals surface area contributed by atoms with Gasteiger partial charge in [0.15, 0.2) is 0 Å². The van der Waals surface area contributed by atoms with Crippen LogP contribution in [0, 0.1) is 21.4 Å². The molecule has 2 N–H and O–H groups in total. The van der Waals surface area contributed by atoms with Gasteiger partial charge in [0, 0.05) is 12.1 Å². The summed E-state index contributed by atoms with van der Waals surface area (Å²) >= 11 is 0. The van der Waals surface area contributed by atoms with Crippen LogP contribution in [0.4, 0.5) is 11.5 Å². The fourth-order valence-corrected chi connectivity index (χ4v) is 1.41. The fourth-order valence-electron chi connectivity index (χ4n) is 1.41. The second-order valence-corrected chi connectivity index (χ2v) is 3.55. The van der Waals surface area contributed by atoms with E-state index in [0.717, 1.165) is 0 Å². The lowest BCUT2D eigenvalue weighted by atomic mass is 10.2. The summed E-state index contributed by atoms with van der Waals surface area (Å²) in [4.78, 5) is 13.7. The van der Waals surface area contributed by atoms with Gasteiger partial charge in [-0.25, -0.2) is 0 Å². The molecule has 1 aromatic heterocycles. The Morgan fingerprint density at radius 2 is 2.16 bits per heavy atom. The highest BCUT2D eigenvalue weighted by Gasteiger charge is 2.13. The normalized spacial score (nSPS) is 9.63. The SMILES string of the molecule is N#Cc1cccc(Oc2ccc([N+](=O)[O-])c(N)n2)c1. The molecule has 0 bridgehead atoms. The van der Waals surface area contributed by atoms with Crippen molar-refractivity contribution in [2.75, 3.05) is 5.73 Å². The van der Waals surface area contributed by atoms with Crippen LogP contribution < -0.4 is 10.5 Å². The van der Waals surface area contributed by atoms with E-state index in [-0.39, 0.29) is 17.4 Å². The molecule has 0 aliphatic heterocycles. The molecule has 0 saturated heterocycles. The molecule has 94 valence electrons. The van der Waals surface area contributed by atoms with Gasteiger partial charge in [-0.1, -0.05) is 6.07 Å². The highest BCUT2D eigenvalue weighted by Crippen LogP contribution is 2.25. The third-order valence-corrected chi connectivity index (χ3v) is 2.26. The van der Waals surface area contributed by atoms with Crippen molar-refractivity contribution in [2.24, 2.45) is 0 Å². The molecule has 19 heavy (non-hydrogen) atoms. The molecule has 0 amide bonds. The van der Waals surface area contributed by atoms with Crippen LogP contribution in [0.2, 0.25) is 0 Å². The summed E-state index contributed by atoms with van der Waals surface area (Å²) in [6, 6.07) is 11.0. The standard InChI is InChI=1S/C12H8N4O3/c13-7-8-2-1-3-9(6-8)19-11-5-4-10(16(17)18)12(14)15-11/h1-6H,(H2,14,15). The number of anilines is 1. The van der Waals surface area contributed by atoms with Crippen molar-refractivity contribution in [2.45, 2.75) is 0 Å². The predicted molar refractivity (Wildman–Crippen MR) is 66.5 cm³/mol. The van der Waals surface area contributed by atoms with Gasteiger partial charge in [0.25, 0.3) is 0 Å². The summed E-state index contributed by atoms with van der Waals surface area (Å²) in [5, 5.41) is 19.3. The van der Waals surface area contributed by atoms with E-state index in [0.29, 0.717) is 11.3 Å². The first-order valence-electron chi connectivity index (χ1n) is 5.19. The Labute approximate surface area is 108 Å². The van der Waals surface area contributed by atoms with Gasteiger partial charge in [-0.05, 0) is 18.2 Å². The van der Waals surface area contributed by atoms with Crippen LogP contribution in [-0.4, -0.2) is 9.91 Å². The van der Waals surface area contributed by atoms with Crippen LogP contribution in [0.25, 0.3) is 0 Å². The van der Waals surface area contributed by atoms with Gasteiger partial charge < -0.3 is 10.5 Å². The van der Waals surface area contributed by atoms with Gasteiger partial charge in [0.2, 0.25) is 11.7 Å². The molecule has 0 atom stereocenters. The Morgan fingerprint density at radius 3 is 2.79 bits per heavy atom. The maximum Gasteiger partial charge on any atom is 0.311 e. The van der Waals surface area contributed by atoms with Gasteiger partial charge in [-0.3, -0.25) is 10.1 Å². The van der Waals surface area contributed by atoms with Gasteiger partial charge in [0.1, 0.15) is 5.75 Å². The minimum atomic E-state index is -0.623. The van der Waals surface area contributed by atoms with Crippen LogP contribution in [0.5, 0.6) is 11.6 Å². The van der Waals surface area contributed by atoms with Gasteiger partial charge in [0.05, 0.1) is 16.6 Å². The quantitative estimate of drug-likeness (QED) is 0.665. The Hall–Kier alpha value is -3.14. The first kappa shape index (κ1) is 12.3. The lowest BCUT2D eigenvalue weighted by Crippen LogP contribution is -1.99. The third kappa shape index (κ3) is 2.76.